The molecule has 0 spiro atoms. The second-order valence-corrected chi connectivity index (χ2v) is 3.55. The molecule has 7 nitrogen and oxygen atoms in total. The van der Waals surface area contributed by atoms with Crippen molar-refractivity contribution in [2.45, 2.75) is 13.0 Å². The number of nitro groups is 1. The van der Waals surface area contributed by atoms with E-state index >= 15 is 0 Å². The zero-order chi connectivity index (χ0) is 12.4. The number of aromatic nitrogens is 2. The van der Waals surface area contributed by atoms with Crippen LogP contribution in [0.3, 0.4) is 0 Å². The predicted octanol–water partition coefficient (Wildman–Crippen LogP) is 1.66. The molecule has 0 fully saturated rings. The van der Waals surface area contributed by atoms with Crippen LogP contribution in [0.5, 0.6) is 0 Å². The number of nitrogens with zero attached hydrogens (tertiary/aromatic N) is 3. The highest BCUT2D eigenvalue weighted by atomic mass is 16.6. The number of hydrogen-bond acceptors (Lipinski definition) is 6. The van der Waals surface area contributed by atoms with Gasteiger partial charge >= 0.3 is 0 Å². The summed E-state index contributed by atoms with van der Waals surface area (Å²) in [6, 6.07) is 5.64. The maximum absolute atomic E-state index is 10.6. The molecule has 17 heavy (non-hydrogen) atoms. The van der Waals surface area contributed by atoms with E-state index in [-0.39, 0.29) is 17.6 Å². The summed E-state index contributed by atoms with van der Waals surface area (Å²) in [4.78, 5) is 14.2. The number of nitro benzene ring substituents is 1. The van der Waals surface area contributed by atoms with Gasteiger partial charge in [-0.25, -0.2) is 0 Å². The van der Waals surface area contributed by atoms with Gasteiger partial charge in [0.2, 0.25) is 0 Å². The third-order valence-electron chi connectivity index (χ3n) is 2.15. The molecule has 1 atom stereocenters. The first-order chi connectivity index (χ1) is 8.08. The lowest BCUT2D eigenvalue weighted by atomic mass is 10.2. The first-order valence-corrected chi connectivity index (χ1v) is 4.92. The van der Waals surface area contributed by atoms with Crippen LogP contribution in [0.1, 0.15) is 18.8 Å². The van der Waals surface area contributed by atoms with Crippen LogP contribution in [0, 0.1) is 10.1 Å². The first kappa shape index (κ1) is 11.2. The molecule has 0 saturated heterocycles. The second kappa shape index (κ2) is 4.30. The van der Waals surface area contributed by atoms with E-state index in [0.29, 0.717) is 11.4 Å². The van der Waals surface area contributed by atoms with Crippen molar-refractivity contribution >= 4 is 5.69 Å². The lowest BCUT2D eigenvalue weighted by molar-refractivity contribution is -0.384. The standard InChI is InChI=1S/C10H10N4O3/c1-6(11)9-12-10(17-13-9)7-3-2-4-8(5-7)14(15)16/h2-6H,11H2,1H3. The van der Waals surface area contributed by atoms with Gasteiger partial charge in [-0.05, 0) is 13.0 Å². The van der Waals surface area contributed by atoms with Gasteiger partial charge in [0.1, 0.15) is 0 Å². The van der Waals surface area contributed by atoms with Crippen LogP contribution in [0.25, 0.3) is 11.5 Å². The lowest BCUT2D eigenvalue weighted by Crippen LogP contribution is -2.06. The molecule has 1 aromatic carbocycles. The summed E-state index contributed by atoms with van der Waals surface area (Å²) >= 11 is 0. The fourth-order valence-corrected chi connectivity index (χ4v) is 1.29. The Morgan fingerprint density at radius 1 is 1.53 bits per heavy atom. The summed E-state index contributed by atoms with van der Waals surface area (Å²) in [5, 5.41) is 14.3. The number of rotatable bonds is 3. The number of nitrogens with two attached hydrogens (primary N) is 1. The molecule has 0 radical (unpaired) electrons. The SMILES string of the molecule is CC(N)c1noc(-c2cccc([N+](=O)[O-])c2)n1. The molecule has 1 unspecified atom stereocenters. The van der Waals surface area contributed by atoms with Gasteiger partial charge in [-0.3, -0.25) is 10.1 Å². The monoisotopic (exact) mass is 234 g/mol. The molecular formula is C10H10N4O3. The van der Waals surface area contributed by atoms with Gasteiger partial charge in [0.05, 0.1) is 11.0 Å². The van der Waals surface area contributed by atoms with Crippen LogP contribution < -0.4 is 5.73 Å². The average molecular weight is 234 g/mol. The topological polar surface area (TPSA) is 108 Å². The highest BCUT2D eigenvalue weighted by molar-refractivity contribution is 5.57. The van der Waals surface area contributed by atoms with Gasteiger partial charge in [0.25, 0.3) is 11.6 Å². The van der Waals surface area contributed by atoms with Gasteiger partial charge in [-0.2, -0.15) is 4.98 Å². The maximum atomic E-state index is 10.6. The lowest BCUT2D eigenvalue weighted by Gasteiger charge is -1.95. The van der Waals surface area contributed by atoms with Crippen LogP contribution in [-0.4, -0.2) is 15.1 Å². The molecule has 0 aliphatic heterocycles. The van der Waals surface area contributed by atoms with E-state index in [2.05, 4.69) is 10.1 Å². The molecule has 2 rings (SSSR count). The largest absolute Gasteiger partial charge is 0.334 e. The molecular weight excluding hydrogens is 224 g/mol. The zero-order valence-corrected chi connectivity index (χ0v) is 9.03. The van der Waals surface area contributed by atoms with Crippen molar-refractivity contribution in [2.24, 2.45) is 5.73 Å². The zero-order valence-electron chi connectivity index (χ0n) is 9.03. The molecule has 1 heterocycles. The fourth-order valence-electron chi connectivity index (χ4n) is 1.29. The Morgan fingerprint density at radius 3 is 2.88 bits per heavy atom. The van der Waals surface area contributed by atoms with E-state index in [1.807, 2.05) is 0 Å². The van der Waals surface area contributed by atoms with E-state index < -0.39 is 4.92 Å². The Kier molecular flexibility index (Phi) is 2.84. The smallest absolute Gasteiger partial charge is 0.270 e. The molecule has 2 N–H and O–H groups in total. The van der Waals surface area contributed by atoms with Crippen LogP contribution in [-0.2, 0) is 0 Å². The van der Waals surface area contributed by atoms with Crippen molar-refractivity contribution in [2.75, 3.05) is 0 Å². The summed E-state index contributed by atoms with van der Waals surface area (Å²) in [5.41, 5.74) is 6.06. The minimum Gasteiger partial charge on any atom is -0.334 e. The highest BCUT2D eigenvalue weighted by Gasteiger charge is 2.14. The normalized spacial score (nSPS) is 12.4. The van der Waals surface area contributed by atoms with Gasteiger partial charge in [0.15, 0.2) is 5.82 Å². The van der Waals surface area contributed by atoms with Gasteiger partial charge in [0, 0.05) is 17.7 Å². The summed E-state index contributed by atoms with van der Waals surface area (Å²) in [5.74, 6) is 0.590. The summed E-state index contributed by atoms with van der Waals surface area (Å²) in [6.45, 7) is 1.72. The van der Waals surface area contributed by atoms with E-state index in [1.54, 1.807) is 19.1 Å². The number of hydrogen-bond donors (Lipinski definition) is 1. The molecule has 0 amide bonds. The Labute approximate surface area is 96.4 Å². The molecule has 0 aliphatic rings. The molecule has 7 heteroatoms. The van der Waals surface area contributed by atoms with Crippen LogP contribution in [0.15, 0.2) is 28.8 Å². The third kappa shape index (κ3) is 2.28. The van der Waals surface area contributed by atoms with Crippen molar-refractivity contribution in [3.63, 3.8) is 0 Å². The Bertz CT molecular complexity index is 550. The summed E-state index contributed by atoms with van der Waals surface area (Å²) < 4.78 is 4.98. The van der Waals surface area contributed by atoms with Crippen molar-refractivity contribution in [3.8, 4) is 11.5 Å². The minimum atomic E-state index is -0.480. The Hall–Kier alpha value is -2.28. The van der Waals surface area contributed by atoms with Crippen LogP contribution in [0.2, 0.25) is 0 Å². The van der Waals surface area contributed by atoms with Crippen molar-refractivity contribution in [1.82, 2.24) is 10.1 Å². The molecule has 88 valence electrons. The molecule has 2 aromatic rings. The number of non-ortho nitro benzene ring substituents is 1. The number of benzene rings is 1. The molecule has 0 bridgehead atoms. The van der Waals surface area contributed by atoms with Crippen molar-refractivity contribution in [1.29, 1.82) is 0 Å². The van der Waals surface area contributed by atoms with Crippen molar-refractivity contribution < 1.29 is 9.45 Å². The quantitative estimate of drug-likeness (QED) is 0.639. The molecule has 0 aliphatic carbocycles. The van der Waals surface area contributed by atoms with Gasteiger partial charge in [-0.15, -0.1) is 0 Å². The van der Waals surface area contributed by atoms with Crippen LogP contribution >= 0.6 is 0 Å². The van der Waals surface area contributed by atoms with Crippen molar-refractivity contribution in [3.05, 3.63) is 40.2 Å². The predicted molar refractivity (Wildman–Crippen MR) is 59.0 cm³/mol. The second-order valence-electron chi connectivity index (χ2n) is 3.55. The molecule has 0 saturated carbocycles. The van der Waals surface area contributed by atoms with E-state index in [4.69, 9.17) is 10.3 Å². The highest BCUT2D eigenvalue weighted by Crippen LogP contribution is 2.22. The van der Waals surface area contributed by atoms with Crippen LogP contribution in [0.4, 0.5) is 5.69 Å². The minimum absolute atomic E-state index is 0.0250. The fraction of sp³-hybridized carbons (Fsp3) is 0.200. The first-order valence-electron chi connectivity index (χ1n) is 4.92. The summed E-state index contributed by atoms with van der Waals surface area (Å²) in [7, 11) is 0. The van der Waals surface area contributed by atoms with E-state index in [0.717, 1.165) is 0 Å². The van der Waals surface area contributed by atoms with Gasteiger partial charge < -0.3 is 10.3 Å². The van der Waals surface area contributed by atoms with Gasteiger partial charge in [-0.1, -0.05) is 11.2 Å². The summed E-state index contributed by atoms with van der Waals surface area (Å²) in [6.07, 6.45) is 0. The average Bonchev–Trinajstić information content (AvgIpc) is 2.78. The maximum Gasteiger partial charge on any atom is 0.270 e. The third-order valence-corrected chi connectivity index (χ3v) is 2.15. The van der Waals surface area contributed by atoms with E-state index in [9.17, 15) is 10.1 Å². The Balaban J connectivity index is 2.38. The molecule has 1 aromatic heterocycles. The van der Waals surface area contributed by atoms with E-state index in [1.165, 1.54) is 12.1 Å². The Morgan fingerprint density at radius 2 is 2.29 bits per heavy atom.